The number of amides is 1. The second kappa shape index (κ2) is 9.62. The Morgan fingerprint density at radius 2 is 1.70 bits per heavy atom. The minimum Gasteiger partial charge on any atom is -0.324 e. The third-order valence-electron chi connectivity index (χ3n) is 6.15. The van der Waals surface area contributed by atoms with E-state index in [1.54, 1.807) is 0 Å². The van der Waals surface area contributed by atoms with E-state index in [9.17, 15) is 4.79 Å². The van der Waals surface area contributed by atoms with Gasteiger partial charge in [0, 0.05) is 11.6 Å². The molecular formula is C29H33N3O. The molecule has 1 aromatic heterocycles. The molecule has 0 aliphatic heterocycles. The lowest BCUT2D eigenvalue weighted by atomic mass is 9.96. The Bertz CT molecular complexity index is 1270. The first-order chi connectivity index (χ1) is 15.8. The van der Waals surface area contributed by atoms with Crippen molar-refractivity contribution in [2.75, 3.05) is 5.32 Å². The molecule has 0 saturated heterocycles. The van der Waals surface area contributed by atoms with Gasteiger partial charge in [0.05, 0.1) is 11.0 Å². The number of carbonyl (C=O) groups excluding carboxylic acids is 1. The highest BCUT2D eigenvalue weighted by atomic mass is 16.1. The summed E-state index contributed by atoms with van der Waals surface area (Å²) >= 11 is 0. The van der Waals surface area contributed by atoms with Crippen LogP contribution in [0.5, 0.6) is 0 Å². The Morgan fingerprint density at radius 3 is 2.39 bits per heavy atom. The van der Waals surface area contributed by atoms with Crippen molar-refractivity contribution in [2.45, 2.75) is 53.5 Å². The number of nitrogens with one attached hydrogen (secondary N) is 1. The number of aryl methyl sites for hydroxylation is 2. The van der Waals surface area contributed by atoms with Crippen LogP contribution < -0.4 is 5.32 Å². The molecule has 3 aromatic carbocycles. The van der Waals surface area contributed by atoms with Gasteiger partial charge in [0.15, 0.2) is 0 Å². The molecule has 4 nitrogen and oxygen atoms in total. The van der Waals surface area contributed by atoms with E-state index in [4.69, 9.17) is 4.98 Å². The molecule has 1 N–H and O–H groups in total. The van der Waals surface area contributed by atoms with Gasteiger partial charge in [0.2, 0.25) is 5.91 Å². The van der Waals surface area contributed by atoms with Crippen LogP contribution >= 0.6 is 0 Å². The number of imidazole rings is 1. The minimum atomic E-state index is -0.0502. The van der Waals surface area contributed by atoms with Gasteiger partial charge in [0.25, 0.3) is 0 Å². The first-order valence-electron chi connectivity index (χ1n) is 11.7. The molecule has 4 heteroatoms. The lowest BCUT2D eigenvalue weighted by molar-refractivity contribution is -0.116. The van der Waals surface area contributed by atoms with Crippen LogP contribution in [-0.2, 0) is 17.8 Å². The zero-order chi connectivity index (χ0) is 23.5. The number of benzene rings is 3. The van der Waals surface area contributed by atoms with Crippen molar-refractivity contribution in [3.63, 3.8) is 0 Å². The van der Waals surface area contributed by atoms with Crippen LogP contribution in [0.15, 0.2) is 66.7 Å². The highest BCUT2D eigenvalue weighted by Gasteiger charge is 2.20. The molecule has 1 atom stereocenters. The summed E-state index contributed by atoms with van der Waals surface area (Å²) in [4.78, 5) is 18.0. The molecule has 0 spiro atoms. The normalized spacial score (nSPS) is 12.3. The minimum absolute atomic E-state index is 0.0502. The molecule has 170 valence electrons. The second-order valence-electron chi connectivity index (χ2n) is 9.47. The molecule has 0 aliphatic rings. The van der Waals surface area contributed by atoms with E-state index in [1.807, 2.05) is 43.3 Å². The van der Waals surface area contributed by atoms with Crippen LogP contribution in [0.25, 0.3) is 11.0 Å². The van der Waals surface area contributed by atoms with Gasteiger partial charge in [-0.1, -0.05) is 74.9 Å². The van der Waals surface area contributed by atoms with Crippen molar-refractivity contribution in [2.24, 2.45) is 5.92 Å². The van der Waals surface area contributed by atoms with Crippen molar-refractivity contribution >= 4 is 22.6 Å². The topological polar surface area (TPSA) is 46.9 Å². The van der Waals surface area contributed by atoms with Crippen LogP contribution in [0.1, 0.15) is 54.8 Å². The van der Waals surface area contributed by atoms with Crippen LogP contribution in [0.3, 0.4) is 0 Å². The van der Waals surface area contributed by atoms with Crippen molar-refractivity contribution in [1.29, 1.82) is 0 Å². The third-order valence-corrected chi connectivity index (χ3v) is 6.15. The Hall–Kier alpha value is -3.40. The molecule has 0 aliphatic carbocycles. The van der Waals surface area contributed by atoms with Crippen LogP contribution in [0.2, 0.25) is 0 Å². The predicted molar refractivity (Wildman–Crippen MR) is 137 cm³/mol. The van der Waals surface area contributed by atoms with Crippen LogP contribution in [0, 0.1) is 19.8 Å². The molecule has 1 amide bonds. The molecule has 0 radical (unpaired) electrons. The molecule has 0 saturated carbocycles. The summed E-state index contributed by atoms with van der Waals surface area (Å²) in [6.45, 7) is 10.9. The fourth-order valence-electron chi connectivity index (χ4n) is 4.44. The maximum Gasteiger partial charge on any atom is 0.244 e. The molecular weight excluding hydrogens is 406 g/mol. The van der Waals surface area contributed by atoms with Crippen LogP contribution in [0.4, 0.5) is 5.69 Å². The Kier molecular flexibility index (Phi) is 6.64. The smallest absolute Gasteiger partial charge is 0.244 e. The van der Waals surface area contributed by atoms with Crippen molar-refractivity contribution < 1.29 is 4.79 Å². The van der Waals surface area contributed by atoms with Crippen LogP contribution in [-0.4, -0.2) is 15.5 Å². The molecule has 1 unspecified atom stereocenters. The number of aromatic nitrogens is 2. The summed E-state index contributed by atoms with van der Waals surface area (Å²) in [5.74, 6) is 1.56. The largest absolute Gasteiger partial charge is 0.324 e. The molecule has 33 heavy (non-hydrogen) atoms. The van der Waals surface area contributed by atoms with Gasteiger partial charge < -0.3 is 9.88 Å². The summed E-state index contributed by atoms with van der Waals surface area (Å²) in [6, 6.07) is 22.9. The lowest BCUT2D eigenvalue weighted by Gasteiger charge is -2.16. The number of hydrogen-bond donors (Lipinski definition) is 1. The van der Waals surface area contributed by atoms with Gasteiger partial charge in [-0.15, -0.1) is 0 Å². The maximum atomic E-state index is 13.1. The van der Waals surface area contributed by atoms with Crippen molar-refractivity contribution in [1.82, 2.24) is 9.55 Å². The van der Waals surface area contributed by atoms with Gasteiger partial charge in [-0.3, -0.25) is 4.79 Å². The Labute approximate surface area is 196 Å². The van der Waals surface area contributed by atoms with E-state index >= 15 is 0 Å². The van der Waals surface area contributed by atoms with E-state index < -0.39 is 0 Å². The van der Waals surface area contributed by atoms with E-state index in [0.717, 1.165) is 34.5 Å². The number of nitrogens with zero attached hydrogens (tertiary/aromatic N) is 2. The Morgan fingerprint density at radius 1 is 0.970 bits per heavy atom. The van der Waals surface area contributed by atoms with Crippen molar-refractivity contribution in [3.05, 3.63) is 94.8 Å². The molecule has 4 rings (SSSR count). The quantitative estimate of drug-likeness (QED) is 0.351. The van der Waals surface area contributed by atoms with Gasteiger partial charge in [-0.05, 0) is 61.1 Å². The van der Waals surface area contributed by atoms with Gasteiger partial charge in [-0.25, -0.2) is 4.98 Å². The van der Waals surface area contributed by atoms with Gasteiger partial charge in [0.1, 0.15) is 12.4 Å². The first-order valence-corrected chi connectivity index (χ1v) is 11.7. The number of hydrogen-bond acceptors (Lipinski definition) is 2. The molecule has 0 fully saturated rings. The number of fused-ring (bicyclic) bond motifs is 1. The molecule has 1 heterocycles. The summed E-state index contributed by atoms with van der Waals surface area (Å²) in [6.07, 6.45) is 1.08. The monoisotopic (exact) mass is 439 g/mol. The zero-order valence-corrected chi connectivity index (χ0v) is 20.2. The highest BCUT2D eigenvalue weighted by Crippen LogP contribution is 2.28. The fraction of sp³-hybridized carbons (Fsp3) is 0.310. The second-order valence-corrected chi connectivity index (χ2v) is 9.47. The van der Waals surface area contributed by atoms with Gasteiger partial charge >= 0.3 is 0 Å². The first kappa shape index (κ1) is 22.8. The number of carbonyl (C=O) groups is 1. The van der Waals surface area contributed by atoms with Crippen molar-refractivity contribution in [3.8, 4) is 0 Å². The van der Waals surface area contributed by atoms with E-state index in [2.05, 4.69) is 67.9 Å². The van der Waals surface area contributed by atoms with E-state index in [1.165, 1.54) is 16.7 Å². The molecule has 4 aromatic rings. The Balaban J connectivity index is 1.63. The number of rotatable bonds is 7. The standard InChI is InChI=1S/C29H33N3O/c1-19(2)16-23-11-13-24(14-12-23)22(5)29-31-26-8-6-7-9-27(26)32(29)18-28(33)30-25-15-10-20(3)17-21(25)4/h6-15,17,19,22H,16,18H2,1-5H3,(H,30,33). The summed E-state index contributed by atoms with van der Waals surface area (Å²) in [5, 5.41) is 3.08. The van der Waals surface area contributed by atoms with E-state index in [-0.39, 0.29) is 18.4 Å². The fourth-order valence-corrected chi connectivity index (χ4v) is 4.44. The summed E-state index contributed by atoms with van der Waals surface area (Å²) in [7, 11) is 0. The summed E-state index contributed by atoms with van der Waals surface area (Å²) < 4.78 is 2.06. The zero-order valence-electron chi connectivity index (χ0n) is 20.2. The average Bonchev–Trinajstić information content (AvgIpc) is 3.14. The predicted octanol–water partition coefficient (Wildman–Crippen LogP) is 6.64. The third kappa shape index (κ3) is 5.16. The number of para-hydroxylation sites is 2. The maximum absolute atomic E-state index is 13.1. The molecule has 0 bridgehead atoms. The highest BCUT2D eigenvalue weighted by molar-refractivity contribution is 5.92. The average molecular weight is 440 g/mol. The lowest BCUT2D eigenvalue weighted by Crippen LogP contribution is -2.21. The summed E-state index contributed by atoms with van der Waals surface area (Å²) in [5.41, 5.74) is 7.54. The number of anilines is 1. The SMILES string of the molecule is Cc1ccc(NC(=O)Cn2c(C(C)c3ccc(CC(C)C)cc3)nc3ccccc32)c(C)c1. The van der Waals surface area contributed by atoms with Gasteiger partial charge in [-0.2, -0.15) is 0 Å². The van der Waals surface area contributed by atoms with E-state index in [0.29, 0.717) is 5.92 Å².